The maximum absolute atomic E-state index is 10.9. The van der Waals surface area contributed by atoms with Crippen LogP contribution in [0.3, 0.4) is 0 Å². The molecule has 0 saturated heterocycles. The molecule has 0 unspecified atom stereocenters. The monoisotopic (exact) mass is 531 g/mol. The fourth-order valence-corrected chi connectivity index (χ4v) is 5.29. The van der Waals surface area contributed by atoms with Crippen LogP contribution in [0.1, 0.15) is 187 Å². The SMILES string of the molecule is CCCCCCCCCCCCCCCN(CCCCCCCCCCCCCCC)CCC(=O)[O-].[Na+]. The molecule has 0 aliphatic carbocycles. The molecule has 0 radical (unpaired) electrons. The number of nitrogens with zero attached hydrogens (tertiary/aromatic N) is 1. The maximum Gasteiger partial charge on any atom is 1.00 e. The van der Waals surface area contributed by atoms with Gasteiger partial charge in [0.15, 0.2) is 0 Å². The molecule has 4 heteroatoms. The number of hydrogen-bond acceptors (Lipinski definition) is 3. The average Bonchev–Trinajstić information content (AvgIpc) is 2.87. The van der Waals surface area contributed by atoms with Crippen LogP contribution in [0.2, 0.25) is 0 Å². The molecule has 0 aliphatic rings. The van der Waals surface area contributed by atoms with E-state index in [9.17, 15) is 9.90 Å². The molecule has 0 fully saturated rings. The molecule has 0 amide bonds. The predicted octanol–water partition coefficient (Wildman–Crippen LogP) is 6.61. The molecule has 0 spiro atoms. The van der Waals surface area contributed by atoms with Gasteiger partial charge >= 0.3 is 29.6 Å². The first kappa shape index (κ1) is 39.6. The minimum atomic E-state index is -0.907. The Balaban J connectivity index is 0. The molecule has 216 valence electrons. The molecule has 0 atom stereocenters. The number of carbonyl (C=O) groups is 1. The molecule has 0 aliphatic heterocycles. The summed E-state index contributed by atoms with van der Waals surface area (Å²) in [5.41, 5.74) is 0. The third-order valence-corrected chi connectivity index (χ3v) is 7.79. The van der Waals surface area contributed by atoms with E-state index in [4.69, 9.17) is 0 Å². The van der Waals surface area contributed by atoms with Gasteiger partial charge in [-0.2, -0.15) is 0 Å². The zero-order chi connectivity index (χ0) is 26.4. The first-order valence-electron chi connectivity index (χ1n) is 16.6. The van der Waals surface area contributed by atoms with E-state index in [1.54, 1.807) is 0 Å². The van der Waals surface area contributed by atoms with Gasteiger partial charge in [-0.3, -0.25) is 0 Å². The first-order valence-corrected chi connectivity index (χ1v) is 16.6. The fraction of sp³-hybridized carbons (Fsp3) is 0.970. The van der Waals surface area contributed by atoms with E-state index in [1.807, 2.05) is 0 Å². The van der Waals surface area contributed by atoms with Crippen molar-refractivity contribution >= 4 is 5.97 Å². The van der Waals surface area contributed by atoms with E-state index in [1.165, 1.54) is 167 Å². The molecular formula is C33H66NNaO2. The number of unbranched alkanes of at least 4 members (excludes halogenated alkanes) is 24. The molecule has 0 heterocycles. The molecule has 0 bridgehead atoms. The predicted molar refractivity (Wildman–Crippen MR) is 157 cm³/mol. The van der Waals surface area contributed by atoms with Gasteiger partial charge in [-0.25, -0.2) is 0 Å². The minimum absolute atomic E-state index is 0. The van der Waals surface area contributed by atoms with Crippen LogP contribution in [-0.2, 0) is 4.79 Å². The summed E-state index contributed by atoms with van der Waals surface area (Å²) in [5.74, 6) is -0.907. The Morgan fingerprint density at radius 1 is 0.432 bits per heavy atom. The van der Waals surface area contributed by atoms with Crippen molar-refractivity contribution in [2.45, 2.75) is 187 Å². The van der Waals surface area contributed by atoms with Crippen molar-refractivity contribution in [1.82, 2.24) is 4.90 Å². The van der Waals surface area contributed by atoms with Gasteiger partial charge < -0.3 is 14.8 Å². The summed E-state index contributed by atoms with van der Waals surface area (Å²) >= 11 is 0. The van der Waals surface area contributed by atoms with Gasteiger partial charge in [0.25, 0.3) is 0 Å². The van der Waals surface area contributed by atoms with Crippen LogP contribution in [-0.4, -0.2) is 30.5 Å². The van der Waals surface area contributed by atoms with Crippen LogP contribution in [0, 0.1) is 0 Å². The van der Waals surface area contributed by atoms with Crippen LogP contribution in [0.15, 0.2) is 0 Å². The van der Waals surface area contributed by atoms with Crippen molar-refractivity contribution in [2.75, 3.05) is 19.6 Å². The topological polar surface area (TPSA) is 43.4 Å². The third-order valence-electron chi connectivity index (χ3n) is 7.79. The zero-order valence-corrected chi connectivity index (χ0v) is 28.0. The molecule has 0 N–H and O–H groups in total. The Morgan fingerprint density at radius 2 is 0.676 bits per heavy atom. The molecular weight excluding hydrogens is 465 g/mol. The van der Waals surface area contributed by atoms with Crippen molar-refractivity contribution in [3.8, 4) is 0 Å². The molecule has 0 aromatic heterocycles. The van der Waals surface area contributed by atoms with Gasteiger partial charge in [0, 0.05) is 12.5 Å². The number of carboxylic acids is 1. The van der Waals surface area contributed by atoms with E-state index in [0.717, 1.165) is 13.1 Å². The smallest absolute Gasteiger partial charge is 0.550 e. The first-order chi connectivity index (χ1) is 17.7. The Kier molecular flexibility index (Phi) is 36.9. The van der Waals surface area contributed by atoms with E-state index < -0.39 is 5.97 Å². The van der Waals surface area contributed by atoms with Crippen molar-refractivity contribution in [1.29, 1.82) is 0 Å². The van der Waals surface area contributed by atoms with Crippen LogP contribution in [0.4, 0.5) is 0 Å². The quantitative estimate of drug-likeness (QED) is 0.0746. The third kappa shape index (κ3) is 34.4. The van der Waals surface area contributed by atoms with Gasteiger partial charge in [0.2, 0.25) is 0 Å². The number of hydrogen-bond donors (Lipinski definition) is 0. The van der Waals surface area contributed by atoms with Gasteiger partial charge in [-0.1, -0.05) is 168 Å². The summed E-state index contributed by atoms with van der Waals surface area (Å²) in [5, 5.41) is 10.9. The molecule has 3 nitrogen and oxygen atoms in total. The minimum Gasteiger partial charge on any atom is -0.550 e. The fourth-order valence-electron chi connectivity index (χ4n) is 5.29. The molecule has 0 aromatic rings. The summed E-state index contributed by atoms with van der Waals surface area (Å²) in [4.78, 5) is 13.3. The van der Waals surface area contributed by atoms with E-state index in [2.05, 4.69) is 18.7 Å². The number of carboxylic acid groups (broad SMARTS) is 1. The summed E-state index contributed by atoms with van der Waals surface area (Å²) in [6, 6.07) is 0. The van der Waals surface area contributed by atoms with Crippen LogP contribution >= 0.6 is 0 Å². The van der Waals surface area contributed by atoms with E-state index in [0.29, 0.717) is 6.54 Å². The van der Waals surface area contributed by atoms with Gasteiger partial charge in [-0.15, -0.1) is 0 Å². The van der Waals surface area contributed by atoms with Crippen molar-refractivity contribution in [2.24, 2.45) is 0 Å². The Bertz CT molecular complexity index is 403. The second kappa shape index (κ2) is 34.5. The van der Waals surface area contributed by atoms with Crippen LogP contribution in [0.5, 0.6) is 0 Å². The summed E-state index contributed by atoms with van der Waals surface area (Å²) in [6.45, 7) is 7.35. The van der Waals surface area contributed by atoms with Crippen molar-refractivity contribution in [3.05, 3.63) is 0 Å². The largest absolute Gasteiger partial charge is 1.00 e. The normalized spacial score (nSPS) is 11.2. The molecule has 37 heavy (non-hydrogen) atoms. The second-order valence-corrected chi connectivity index (χ2v) is 11.4. The second-order valence-electron chi connectivity index (χ2n) is 11.4. The van der Waals surface area contributed by atoms with Gasteiger partial charge in [0.1, 0.15) is 0 Å². The Hall–Kier alpha value is 0.430. The van der Waals surface area contributed by atoms with E-state index in [-0.39, 0.29) is 36.0 Å². The van der Waals surface area contributed by atoms with Crippen LogP contribution < -0.4 is 34.7 Å². The van der Waals surface area contributed by atoms with Crippen molar-refractivity contribution < 1.29 is 39.5 Å². The molecule has 0 aromatic carbocycles. The maximum atomic E-state index is 10.9. The van der Waals surface area contributed by atoms with Crippen molar-refractivity contribution in [3.63, 3.8) is 0 Å². The zero-order valence-electron chi connectivity index (χ0n) is 26.0. The van der Waals surface area contributed by atoms with Gasteiger partial charge in [0.05, 0.1) is 0 Å². The van der Waals surface area contributed by atoms with E-state index >= 15 is 0 Å². The molecule has 0 rings (SSSR count). The van der Waals surface area contributed by atoms with Gasteiger partial charge in [-0.05, 0) is 32.4 Å². The average molecular weight is 532 g/mol. The standard InChI is InChI=1S/C33H67NO2.Na/c1-3-5-7-9-11-13-15-17-19-21-23-25-27-30-34(32-29-33(35)36)31-28-26-24-22-20-18-16-14-12-10-8-6-4-2;/h3-32H2,1-2H3,(H,35,36);/q;+1/p-1. The van der Waals surface area contributed by atoms with Crippen LogP contribution in [0.25, 0.3) is 0 Å². The summed E-state index contributed by atoms with van der Waals surface area (Å²) in [7, 11) is 0. The number of rotatable bonds is 31. The Morgan fingerprint density at radius 3 is 0.919 bits per heavy atom. The number of aliphatic carboxylic acids is 1. The summed E-state index contributed by atoms with van der Waals surface area (Å²) in [6.07, 6.45) is 36.0. The molecule has 0 saturated carbocycles. The number of carbonyl (C=O) groups excluding carboxylic acids is 1. The Labute approximate surface area is 256 Å². The summed E-state index contributed by atoms with van der Waals surface area (Å²) < 4.78 is 0.